The summed E-state index contributed by atoms with van der Waals surface area (Å²) in [5.74, 6) is 0.0500. The van der Waals surface area contributed by atoms with E-state index in [4.69, 9.17) is 0 Å². The van der Waals surface area contributed by atoms with E-state index in [1.54, 1.807) is 0 Å². The Morgan fingerprint density at radius 1 is 1.47 bits per heavy atom. The molecule has 15 heavy (non-hydrogen) atoms. The molecular formula is C9H16N2O2S2. The van der Waals surface area contributed by atoms with Gasteiger partial charge in [-0.1, -0.05) is 6.92 Å². The van der Waals surface area contributed by atoms with Gasteiger partial charge in [-0.2, -0.15) is 0 Å². The van der Waals surface area contributed by atoms with Crippen LogP contribution in [0.4, 0.5) is 0 Å². The van der Waals surface area contributed by atoms with Crippen molar-refractivity contribution in [1.82, 2.24) is 10.3 Å². The van der Waals surface area contributed by atoms with Crippen LogP contribution in [-0.4, -0.2) is 26.7 Å². The molecule has 0 unspecified atom stereocenters. The van der Waals surface area contributed by atoms with Gasteiger partial charge in [0.2, 0.25) is 0 Å². The molecule has 0 amide bonds. The normalized spacial score (nSPS) is 11.9. The first-order chi connectivity index (χ1) is 6.96. The lowest BCUT2D eigenvalue weighted by Crippen LogP contribution is -2.05. The second kappa shape index (κ2) is 5.05. The highest BCUT2D eigenvalue weighted by molar-refractivity contribution is 7.90. The first kappa shape index (κ1) is 12.6. The van der Waals surface area contributed by atoms with Crippen molar-refractivity contribution >= 4 is 21.2 Å². The van der Waals surface area contributed by atoms with Crippen molar-refractivity contribution in [1.29, 1.82) is 0 Å². The van der Waals surface area contributed by atoms with Crippen molar-refractivity contribution in [2.24, 2.45) is 0 Å². The summed E-state index contributed by atoms with van der Waals surface area (Å²) in [5, 5.41) is 3.75. The van der Waals surface area contributed by atoms with E-state index in [-0.39, 0.29) is 5.75 Å². The summed E-state index contributed by atoms with van der Waals surface area (Å²) in [6, 6.07) is 0. The van der Waals surface area contributed by atoms with E-state index >= 15 is 0 Å². The molecular weight excluding hydrogens is 232 g/mol. The summed E-state index contributed by atoms with van der Waals surface area (Å²) < 4.78 is 22.2. The fourth-order valence-electron chi connectivity index (χ4n) is 1.30. The van der Waals surface area contributed by atoms with Crippen molar-refractivity contribution in [3.8, 4) is 0 Å². The minimum Gasteiger partial charge on any atom is -0.315 e. The topological polar surface area (TPSA) is 59.1 Å². The molecule has 1 N–H and O–H groups in total. The molecule has 4 nitrogen and oxygen atoms in total. The Kier molecular flexibility index (Phi) is 4.24. The van der Waals surface area contributed by atoms with Gasteiger partial charge >= 0.3 is 0 Å². The Morgan fingerprint density at radius 3 is 2.60 bits per heavy atom. The minimum atomic E-state index is -2.98. The lowest BCUT2D eigenvalue weighted by molar-refractivity contribution is 0.601. The monoisotopic (exact) mass is 248 g/mol. The van der Waals surface area contributed by atoms with E-state index in [2.05, 4.69) is 10.3 Å². The molecule has 0 atom stereocenters. The third-order valence-corrected chi connectivity index (χ3v) is 3.96. The van der Waals surface area contributed by atoms with Gasteiger partial charge in [-0.25, -0.2) is 13.4 Å². The number of rotatable bonds is 5. The molecule has 0 aromatic carbocycles. The standard InChI is InChI=1S/C9H16N2O2S2/c1-4-7-8(5-10-2)14-9(11-7)6-15(3,12)13/h10H,4-6H2,1-3H3. The van der Waals surface area contributed by atoms with Gasteiger partial charge in [-0.05, 0) is 13.5 Å². The van der Waals surface area contributed by atoms with Crippen molar-refractivity contribution in [2.75, 3.05) is 13.3 Å². The molecule has 1 aromatic heterocycles. The Labute approximate surface area is 94.7 Å². The summed E-state index contributed by atoms with van der Waals surface area (Å²) in [6.45, 7) is 2.78. The zero-order chi connectivity index (χ0) is 11.5. The van der Waals surface area contributed by atoms with E-state index in [9.17, 15) is 8.42 Å². The summed E-state index contributed by atoms with van der Waals surface area (Å²) >= 11 is 1.48. The van der Waals surface area contributed by atoms with Crippen LogP contribution in [0.2, 0.25) is 0 Å². The molecule has 0 saturated carbocycles. The van der Waals surface area contributed by atoms with E-state index < -0.39 is 9.84 Å². The smallest absolute Gasteiger partial charge is 0.153 e. The molecule has 0 aliphatic rings. The van der Waals surface area contributed by atoms with E-state index in [0.29, 0.717) is 5.01 Å². The second-order valence-corrected chi connectivity index (χ2v) is 6.74. The van der Waals surface area contributed by atoms with Crippen LogP contribution in [0.15, 0.2) is 0 Å². The van der Waals surface area contributed by atoms with Crippen LogP contribution in [0.25, 0.3) is 0 Å². The summed E-state index contributed by atoms with van der Waals surface area (Å²) in [4.78, 5) is 5.47. The summed E-state index contributed by atoms with van der Waals surface area (Å²) in [5.41, 5.74) is 1.01. The highest BCUT2D eigenvalue weighted by atomic mass is 32.2. The molecule has 0 bridgehead atoms. The fraction of sp³-hybridized carbons (Fsp3) is 0.667. The van der Waals surface area contributed by atoms with Gasteiger partial charge in [0.15, 0.2) is 9.84 Å². The molecule has 86 valence electrons. The number of thiazole rings is 1. The number of hydrogen-bond donors (Lipinski definition) is 1. The Balaban J connectivity index is 2.92. The molecule has 0 aliphatic carbocycles. The molecule has 1 aromatic rings. The van der Waals surface area contributed by atoms with Gasteiger partial charge in [0.25, 0.3) is 0 Å². The number of aryl methyl sites for hydroxylation is 1. The molecule has 0 radical (unpaired) electrons. The van der Waals surface area contributed by atoms with Crippen LogP contribution in [0.5, 0.6) is 0 Å². The predicted octanol–water partition coefficient (Wildman–Crippen LogP) is 0.970. The number of aromatic nitrogens is 1. The van der Waals surface area contributed by atoms with Crippen LogP contribution < -0.4 is 5.32 Å². The minimum absolute atomic E-state index is 0.0500. The molecule has 0 fully saturated rings. The maximum atomic E-state index is 11.1. The number of hydrogen-bond acceptors (Lipinski definition) is 5. The summed E-state index contributed by atoms with van der Waals surface area (Å²) in [7, 11) is -1.11. The van der Waals surface area contributed by atoms with E-state index in [1.165, 1.54) is 17.6 Å². The lowest BCUT2D eigenvalue weighted by Gasteiger charge is -1.96. The highest BCUT2D eigenvalue weighted by Gasteiger charge is 2.13. The maximum absolute atomic E-state index is 11.1. The van der Waals surface area contributed by atoms with Crippen LogP contribution >= 0.6 is 11.3 Å². The van der Waals surface area contributed by atoms with Crippen LogP contribution in [0, 0.1) is 0 Å². The molecule has 0 spiro atoms. The average Bonchev–Trinajstić information content (AvgIpc) is 2.45. The Bertz CT molecular complexity index is 423. The molecule has 0 saturated heterocycles. The first-order valence-electron chi connectivity index (χ1n) is 4.76. The largest absolute Gasteiger partial charge is 0.315 e. The quantitative estimate of drug-likeness (QED) is 0.843. The van der Waals surface area contributed by atoms with Gasteiger partial charge in [0.1, 0.15) is 10.8 Å². The van der Waals surface area contributed by atoms with Gasteiger partial charge in [-0.15, -0.1) is 11.3 Å². The fourth-order valence-corrected chi connectivity index (χ4v) is 3.65. The Morgan fingerprint density at radius 2 is 2.13 bits per heavy atom. The molecule has 1 rings (SSSR count). The SMILES string of the molecule is CCc1nc(CS(C)(=O)=O)sc1CNC. The molecule has 0 aliphatic heterocycles. The zero-order valence-corrected chi connectivity index (χ0v) is 10.8. The van der Waals surface area contributed by atoms with E-state index in [1.807, 2.05) is 14.0 Å². The van der Waals surface area contributed by atoms with Crippen LogP contribution in [0.3, 0.4) is 0 Å². The van der Waals surface area contributed by atoms with Crippen molar-refractivity contribution in [3.63, 3.8) is 0 Å². The second-order valence-electron chi connectivity index (χ2n) is 3.43. The maximum Gasteiger partial charge on any atom is 0.153 e. The third-order valence-electron chi connectivity index (χ3n) is 1.88. The number of nitrogens with zero attached hydrogens (tertiary/aromatic N) is 1. The van der Waals surface area contributed by atoms with Gasteiger partial charge in [-0.3, -0.25) is 0 Å². The third kappa shape index (κ3) is 3.89. The first-order valence-corrected chi connectivity index (χ1v) is 7.63. The van der Waals surface area contributed by atoms with Gasteiger partial charge in [0.05, 0.1) is 5.69 Å². The van der Waals surface area contributed by atoms with Crippen molar-refractivity contribution in [3.05, 3.63) is 15.6 Å². The molecule has 6 heteroatoms. The molecule has 1 heterocycles. The summed E-state index contributed by atoms with van der Waals surface area (Å²) in [6.07, 6.45) is 2.08. The Hall–Kier alpha value is -0.460. The van der Waals surface area contributed by atoms with Gasteiger partial charge in [0, 0.05) is 17.7 Å². The van der Waals surface area contributed by atoms with Crippen LogP contribution in [0.1, 0.15) is 22.5 Å². The average molecular weight is 248 g/mol. The van der Waals surface area contributed by atoms with Crippen molar-refractivity contribution in [2.45, 2.75) is 25.6 Å². The zero-order valence-electron chi connectivity index (χ0n) is 9.20. The van der Waals surface area contributed by atoms with E-state index in [0.717, 1.165) is 23.5 Å². The van der Waals surface area contributed by atoms with Gasteiger partial charge < -0.3 is 5.32 Å². The number of nitrogens with one attached hydrogen (secondary N) is 1. The predicted molar refractivity (Wildman–Crippen MR) is 62.8 cm³/mol. The number of sulfone groups is 1. The van der Waals surface area contributed by atoms with Crippen LogP contribution in [-0.2, 0) is 28.6 Å². The lowest BCUT2D eigenvalue weighted by atomic mass is 10.3. The highest BCUT2D eigenvalue weighted by Crippen LogP contribution is 2.20. The van der Waals surface area contributed by atoms with Crippen molar-refractivity contribution < 1.29 is 8.42 Å².